The number of allylic oxidation sites excluding steroid dienone is 1. The second kappa shape index (κ2) is 8.27. The summed E-state index contributed by atoms with van der Waals surface area (Å²) in [7, 11) is 0. The van der Waals surface area contributed by atoms with Crippen LogP contribution in [0, 0.1) is 0 Å². The fraction of sp³-hybridized carbons (Fsp3) is 0.320. The highest BCUT2D eigenvalue weighted by Gasteiger charge is 2.31. The first kappa shape index (κ1) is 19.9. The first-order chi connectivity index (χ1) is 15.2. The number of hydrogen-bond donors (Lipinski definition) is 0. The summed E-state index contributed by atoms with van der Waals surface area (Å²) in [5, 5.41) is 3.00. The molecule has 2 aliphatic rings. The molecular formula is C25H25N3O2S. The number of nitrogens with zero attached hydrogens (tertiary/aromatic N) is 3. The van der Waals surface area contributed by atoms with E-state index in [4.69, 9.17) is 4.98 Å². The van der Waals surface area contributed by atoms with E-state index in [1.807, 2.05) is 41.0 Å². The molecule has 0 atom stereocenters. The molecular weight excluding hydrogens is 406 g/mol. The van der Waals surface area contributed by atoms with Gasteiger partial charge in [-0.05, 0) is 47.6 Å². The van der Waals surface area contributed by atoms with Crippen molar-refractivity contribution in [3.8, 4) is 0 Å². The first-order valence-electron chi connectivity index (χ1n) is 10.9. The molecule has 158 valence electrons. The monoisotopic (exact) mass is 431 g/mol. The molecule has 1 aromatic carbocycles. The number of para-hydroxylation sites is 1. The summed E-state index contributed by atoms with van der Waals surface area (Å²) < 4.78 is 0. The molecule has 1 aliphatic heterocycles. The maximum absolute atomic E-state index is 13.7. The standard InChI is InChI=1S/C25H25N3O2S/c1-2-22(29)27-11-13-28(14-12-27)25(30)23-19-7-3-4-8-21(19)26-24-17(9-10-20(23)24)16-18-6-5-15-31-18/h3-8,15-16H,2,9-14H2,1H3/b17-16-. The van der Waals surface area contributed by atoms with Crippen molar-refractivity contribution in [3.05, 3.63) is 63.5 Å². The minimum atomic E-state index is 0.0656. The zero-order valence-electron chi connectivity index (χ0n) is 17.6. The number of fused-ring (bicyclic) bond motifs is 2. The highest BCUT2D eigenvalue weighted by Crippen LogP contribution is 2.38. The Labute approximate surface area is 186 Å². The van der Waals surface area contributed by atoms with E-state index in [0.717, 1.165) is 40.6 Å². The van der Waals surface area contributed by atoms with E-state index in [0.29, 0.717) is 32.6 Å². The number of amides is 2. The minimum absolute atomic E-state index is 0.0656. The number of thiophene rings is 1. The van der Waals surface area contributed by atoms with Crippen molar-refractivity contribution in [3.63, 3.8) is 0 Å². The van der Waals surface area contributed by atoms with Gasteiger partial charge < -0.3 is 9.80 Å². The molecule has 0 N–H and O–H groups in total. The van der Waals surface area contributed by atoms with Crippen LogP contribution >= 0.6 is 11.3 Å². The van der Waals surface area contributed by atoms with E-state index < -0.39 is 0 Å². The van der Waals surface area contributed by atoms with Crippen LogP contribution in [0.1, 0.15) is 46.3 Å². The van der Waals surface area contributed by atoms with Crippen molar-refractivity contribution in [2.75, 3.05) is 26.2 Å². The Hall–Kier alpha value is -2.99. The van der Waals surface area contributed by atoms with E-state index in [1.54, 1.807) is 11.3 Å². The fourth-order valence-corrected chi connectivity index (χ4v) is 5.29. The van der Waals surface area contributed by atoms with Gasteiger partial charge >= 0.3 is 0 Å². The summed E-state index contributed by atoms with van der Waals surface area (Å²) in [6.07, 6.45) is 4.45. The van der Waals surface area contributed by atoms with Gasteiger partial charge in [-0.15, -0.1) is 11.3 Å². The molecule has 2 amide bonds. The van der Waals surface area contributed by atoms with Gasteiger partial charge in [-0.3, -0.25) is 9.59 Å². The molecule has 0 saturated carbocycles. The van der Waals surface area contributed by atoms with Crippen molar-refractivity contribution >= 4 is 45.7 Å². The van der Waals surface area contributed by atoms with Gasteiger partial charge in [-0.2, -0.15) is 0 Å². The number of benzene rings is 1. The zero-order valence-corrected chi connectivity index (χ0v) is 18.5. The maximum atomic E-state index is 13.7. The number of hydrogen-bond acceptors (Lipinski definition) is 4. The van der Waals surface area contributed by atoms with Gasteiger partial charge in [-0.1, -0.05) is 31.2 Å². The lowest BCUT2D eigenvalue weighted by Crippen LogP contribution is -2.50. The lowest BCUT2D eigenvalue weighted by molar-refractivity contribution is -0.132. The Bertz CT molecular complexity index is 1170. The van der Waals surface area contributed by atoms with E-state index >= 15 is 0 Å². The average Bonchev–Trinajstić information content (AvgIpc) is 3.47. The predicted molar refractivity (Wildman–Crippen MR) is 125 cm³/mol. The average molecular weight is 432 g/mol. The van der Waals surface area contributed by atoms with Crippen LogP contribution in [-0.4, -0.2) is 52.8 Å². The van der Waals surface area contributed by atoms with Gasteiger partial charge in [0.05, 0.1) is 16.8 Å². The van der Waals surface area contributed by atoms with E-state index in [1.165, 1.54) is 10.5 Å². The number of rotatable bonds is 3. The molecule has 3 heterocycles. The number of piperazine rings is 1. The minimum Gasteiger partial charge on any atom is -0.339 e. The quantitative estimate of drug-likeness (QED) is 0.615. The van der Waals surface area contributed by atoms with Crippen LogP contribution in [0.3, 0.4) is 0 Å². The van der Waals surface area contributed by atoms with Crippen molar-refractivity contribution in [1.29, 1.82) is 0 Å². The van der Waals surface area contributed by atoms with Gasteiger partial charge in [0.1, 0.15) is 0 Å². The Balaban J connectivity index is 1.53. The third-order valence-electron chi connectivity index (χ3n) is 6.24. The van der Waals surface area contributed by atoms with Crippen LogP contribution in [0.25, 0.3) is 22.6 Å². The topological polar surface area (TPSA) is 53.5 Å². The second-order valence-electron chi connectivity index (χ2n) is 8.04. The number of aromatic nitrogens is 1. The molecule has 31 heavy (non-hydrogen) atoms. The first-order valence-corrected chi connectivity index (χ1v) is 11.8. The van der Waals surface area contributed by atoms with Crippen LogP contribution in [0.5, 0.6) is 0 Å². The molecule has 0 spiro atoms. The molecule has 6 heteroatoms. The Morgan fingerprint density at radius 3 is 2.55 bits per heavy atom. The van der Waals surface area contributed by atoms with Crippen LogP contribution < -0.4 is 0 Å². The summed E-state index contributed by atoms with van der Waals surface area (Å²) in [6.45, 7) is 4.25. The van der Waals surface area contributed by atoms with Crippen molar-refractivity contribution in [2.24, 2.45) is 0 Å². The number of carbonyl (C=O) groups excluding carboxylic acids is 2. The lowest BCUT2D eigenvalue weighted by Gasteiger charge is -2.35. The smallest absolute Gasteiger partial charge is 0.255 e. The van der Waals surface area contributed by atoms with Crippen LogP contribution in [-0.2, 0) is 11.2 Å². The van der Waals surface area contributed by atoms with Gasteiger partial charge in [-0.25, -0.2) is 4.98 Å². The third-order valence-corrected chi connectivity index (χ3v) is 7.06. The molecule has 0 radical (unpaired) electrons. The molecule has 1 aliphatic carbocycles. The highest BCUT2D eigenvalue weighted by molar-refractivity contribution is 7.10. The largest absolute Gasteiger partial charge is 0.339 e. The molecule has 5 rings (SSSR count). The fourth-order valence-electron chi connectivity index (χ4n) is 4.61. The normalized spacial score (nSPS) is 17.4. The molecule has 0 bridgehead atoms. The third kappa shape index (κ3) is 3.65. The molecule has 3 aromatic rings. The van der Waals surface area contributed by atoms with Crippen molar-refractivity contribution in [2.45, 2.75) is 26.2 Å². The Morgan fingerprint density at radius 2 is 1.81 bits per heavy atom. The highest BCUT2D eigenvalue weighted by atomic mass is 32.1. The molecule has 2 aromatic heterocycles. The van der Waals surface area contributed by atoms with Crippen LogP contribution in [0.2, 0.25) is 0 Å². The summed E-state index contributed by atoms with van der Waals surface area (Å²) in [5.74, 6) is 0.224. The lowest BCUT2D eigenvalue weighted by atomic mass is 9.99. The van der Waals surface area contributed by atoms with E-state index in [2.05, 4.69) is 23.6 Å². The summed E-state index contributed by atoms with van der Waals surface area (Å²) >= 11 is 1.71. The number of pyridine rings is 1. The molecule has 1 fully saturated rings. The Morgan fingerprint density at radius 1 is 1.03 bits per heavy atom. The molecule has 0 unspecified atom stereocenters. The Kier molecular flexibility index (Phi) is 5.32. The van der Waals surface area contributed by atoms with E-state index in [-0.39, 0.29) is 11.8 Å². The van der Waals surface area contributed by atoms with Gasteiger partial charge in [0.2, 0.25) is 5.91 Å². The van der Waals surface area contributed by atoms with Crippen molar-refractivity contribution < 1.29 is 9.59 Å². The van der Waals surface area contributed by atoms with Crippen LogP contribution in [0.4, 0.5) is 0 Å². The van der Waals surface area contributed by atoms with Gasteiger partial charge in [0, 0.05) is 42.9 Å². The second-order valence-corrected chi connectivity index (χ2v) is 9.02. The van der Waals surface area contributed by atoms with Gasteiger partial charge in [0.25, 0.3) is 5.91 Å². The van der Waals surface area contributed by atoms with E-state index in [9.17, 15) is 9.59 Å². The molecule has 5 nitrogen and oxygen atoms in total. The predicted octanol–water partition coefficient (Wildman–Crippen LogP) is 4.48. The van der Waals surface area contributed by atoms with Gasteiger partial charge in [0.15, 0.2) is 0 Å². The van der Waals surface area contributed by atoms with Crippen LogP contribution in [0.15, 0.2) is 41.8 Å². The summed E-state index contributed by atoms with van der Waals surface area (Å²) in [6, 6.07) is 12.1. The molecule has 1 saturated heterocycles. The maximum Gasteiger partial charge on any atom is 0.255 e. The zero-order chi connectivity index (χ0) is 21.4. The number of carbonyl (C=O) groups is 2. The van der Waals surface area contributed by atoms with Crippen molar-refractivity contribution in [1.82, 2.24) is 14.8 Å². The summed E-state index contributed by atoms with van der Waals surface area (Å²) in [4.78, 5) is 35.7. The SMILES string of the molecule is CCC(=O)N1CCN(C(=O)c2c3c(nc4ccccc24)/C(=C\c2cccs2)CC3)CC1. The summed E-state index contributed by atoms with van der Waals surface area (Å²) in [5.41, 5.74) is 4.90.